The zero-order chi connectivity index (χ0) is 9.26. The molecule has 0 aliphatic heterocycles. The van der Waals surface area contributed by atoms with Gasteiger partial charge in [0, 0.05) is 17.0 Å². The molecule has 0 spiro atoms. The molecule has 2 aromatic heterocycles. The Bertz CT molecular complexity index is 405. The molecule has 4 heteroatoms. The van der Waals surface area contributed by atoms with E-state index in [9.17, 15) is 0 Å². The van der Waals surface area contributed by atoms with Crippen LogP contribution in [0.2, 0.25) is 0 Å². The lowest BCUT2D eigenvalue weighted by Crippen LogP contribution is -1.94. The van der Waals surface area contributed by atoms with Gasteiger partial charge in [0.25, 0.3) is 0 Å². The molecule has 0 radical (unpaired) electrons. The number of rotatable bonds is 2. The molecule has 0 aliphatic rings. The van der Waals surface area contributed by atoms with E-state index in [0.717, 1.165) is 0 Å². The molecule has 0 aliphatic carbocycles. The second-order valence-corrected chi connectivity index (χ2v) is 5.80. The smallest absolute Gasteiger partial charge is 0.0777 e. The molecular weight excluding hydrogens is 266 g/mol. The van der Waals surface area contributed by atoms with Crippen molar-refractivity contribution in [3.63, 3.8) is 0 Å². The Hall–Kier alpha value is -0.160. The highest BCUT2D eigenvalue weighted by Crippen LogP contribution is 2.36. The summed E-state index contributed by atoms with van der Waals surface area (Å²) in [6.45, 7) is 0.620. The summed E-state index contributed by atoms with van der Waals surface area (Å²) in [4.78, 5) is 1.25. The second-order valence-electron chi connectivity index (χ2n) is 2.57. The average Bonchev–Trinajstić information content (AvgIpc) is 2.71. The third-order valence-corrected chi connectivity index (χ3v) is 4.47. The lowest BCUT2D eigenvalue weighted by molar-refractivity contribution is 1.11. The summed E-state index contributed by atoms with van der Waals surface area (Å²) in [5.74, 6) is 0. The first-order valence-corrected chi connectivity index (χ1v) is 6.38. The van der Waals surface area contributed by atoms with Gasteiger partial charge < -0.3 is 5.73 Å². The van der Waals surface area contributed by atoms with Crippen molar-refractivity contribution in [2.45, 2.75) is 6.54 Å². The molecule has 68 valence electrons. The number of nitrogens with two attached hydrogens (primary N) is 1. The maximum absolute atomic E-state index is 5.65. The van der Waals surface area contributed by atoms with E-state index >= 15 is 0 Å². The van der Waals surface area contributed by atoms with E-state index in [4.69, 9.17) is 5.73 Å². The molecule has 0 aromatic carbocycles. The molecule has 1 nitrogen and oxygen atoms in total. The highest BCUT2D eigenvalue weighted by Gasteiger charge is 2.09. The topological polar surface area (TPSA) is 26.0 Å². The minimum absolute atomic E-state index is 0.620. The van der Waals surface area contributed by atoms with E-state index in [0.29, 0.717) is 6.54 Å². The van der Waals surface area contributed by atoms with Crippen molar-refractivity contribution in [1.82, 2.24) is 0 Å². The predicted octanol–water partition coefficient (Wildman–Crippen LogP) is 3.70. The molecule has 2 heterocycles. The largest absolute Gasteiger partial charge is 0.326 e. The van der Waals surface area contributed by atoms with Gasteiger partial charge in [0.15, 0.2) is 0 Å². The molecule has 13 heavy (non-hydrogen) atoms. The van der Waals surface area contributed by atoms with E-state index in [1.54, 1.807) is 22.7 Å². The van der Waals surface area contributed by atoms with Gasteiger partial charge in [-0.05, 0) is 44.4 Å². The fourth-order valence-electron chi connectivity index (χ4n) is 1.23. The van der Waals surface area contributed by atoms with Crippen molar-refractivity contribution in [2.24, 2.45) is 5.73 Å². The van der Waals surface area contributed by atoms with Crippen molar-refractivity contribution in [3.8, 4) is 11.1 Å². The van der Waals surface area contributed by atoms with Crippen molar-refractivity contribution < 1.29 is 0 Å². The van der Waals surface area contributed by atoms with Crippen molar-refractivity contribution in [2.75, 3.05) is 0 Å². The van der Waals surface area contributed by atoms with Crippen LogP contribution in [0.4, 0.5) is 0 Å². The number of thiophene rings is 2. The first kappa shape index (κ1) is 9.40. The molecular formula is C9H8BrNS2. The first-order valence-electron chi connectivity index (χ1n) is 3.82. The molecule has 0 amide bonds. The van der Waals surface area contributed by atoms with Gasteiger partial charge in [-0.25, -0.2) is 0 Å². The summed E-state index contributed by atoms with van der Waals surface area (Å²) >= 11 is 6.95. The lowest BCUT2D eigenvalue weighted by Gasteiger charge is -1.98. The van der Waals surface area contributed by atoms with E-state index in [1.807, 2.05) is 0 Å². The van der Waals surface area contributed by atoms with Crippen LogP contribution in [0.3, 0.4) is 0 Å². The summed E-state index contributed by atoms with van der Waals surface area (Å²) in [6, 6.07) is 4.25. The maximum atomic E-state index is 5.65. The minimum atomic E-state index is 0.620. The minimum Gasteiger partial charge on any atom is -0.326 e. The number of halogens is 1. The SMILES string of the molecule is NCc1sccc1-c1ccsc1Br. The van der Waals surface area contributed by atoms with Crippen LogP contribution in [0, 0.1) is 0 Å². The summed E-state index contributed by atoms with van der Waals surface area (Å²) in [5.41, 5.74) is 8.17. The van der Waals surface area contributed by atoms with Crippen LogP contribution in [-0.2, 0) is 6.54 Å². The predicted molar refractivity (Wildman–Crippen MR) is 63.2 cm³/mol. The number of hydrogen-bond acceptors (Lipinski definition) is 3. The lowest BCUT2D eigenvalue weighted by atomic mass is 10.1. The molecule has 0 fully saturated rings. The van der Waals surface area contributed by atoms with Gasteiger partial charge in [-0.1, -0.05) is 0 Å². The molecule has 2 aromatic rings. The Morgan fingerprint density at radius 2 is 1.85 bits per heavy atom. The van der Waals surface area contributed by atoms with Crippen LogP contribution in [-0.4, -0.2) is 0 Å². The van der Waals surface area contributed by atoms with Gasteiger partial charge >= 0.3 is 0 Å². The van der Waals surface area contributed by atoms with Crippen molar-refractivity contribution >= 4 is 38.6 Å². The zero-order valence-electron chi connectivity index (χ0n) is 6.79. The third kappa shape index (κ3) is 1.72. The normalized spacial score (nSPS) is 10.6. The van der Waals surface area contributed by atoms with Crippen molar-refractivity contribution in [1.29, 1.82) is 0 Å². The van der Waals surface area contributed by atoms with Gasteiger partial charge in [-0.3, -0.25) is 0 Å². The van der Waals surface area contributed by atoms with Crippen molar-refractivity contribution in [3.05, 3.63) is 31.6 Å². The maximum Gasteiger partial charge on any atom is 0.0777 e. The highest BCUT2D eigenvalue weighted by molar-refractivity contribution is 9.11. The summed E-state index contributed by atoms with van der Waals surface area (Å²) in [5, 5.41) is 4.17. The van der Waals surface area contributed by atoms with Crippen LogP contribution < -0.4 is 5.73 Å². The Kier molecular flexibility index (Phi) is 2.83. The van der Waals surface area contributed by atoms with Crippen LogP contribution in [0.5, 0.6) is 0 Å². The zero-order valence-corrected chi connectivity index (χ0v) is 10.0. The standard InChI is InChI=1S/C9H8BrNS2/c10-9-7(2-4-13-9)6-1-3-12-8(6)5-11/h1-4H,5,11H2. The van der Waals surface area contributed by atoms with E-state index in [-0.39, 0.29) is 0 Å². The van der Waals surface area contributed by atoms with Gasteiger partial charge in [-0.2, -0.15) is 0 Å². The third-order valence-electron chi connectivity index (χ3n) is 1.84. The Balaban J connectivity index is 2.52. The Labute approximate surface area is 93.3 Å². The fourth-order valence-corrected chi connectivity index (χ4v) is 3.29. The van der Waals surface area contributed by atoms with Gasteiger partial charge in [0.2, 0.25) is 0 Å². The van der Waals surface area contributed by atoms with Crippen LogP contribution >= 0.6 is 38.6 Å². The van der Waals surface area contributed by atoms with Gasteiger partial charge in [0.05, 0.1) is 3.79 Å². The van der Waals surface area contributed by atoms with Gasteiger partial charge in [0.1, 0.15) is 0 Å². The Morgan fingerprint density at radius 1 is 1.15 bits per heavy atom. The van der Waals surface area contributed by atoms with E-state index < -0.39 is 0 Å². The molecule has 0 unspecified atom stereocenters. The molecule has 0 atom stereocenters. The highest BCUT2D eigenvalue weighted by atomic mass is 79.9. The summed E-state index contributed by atoms with van der Waals surface area (Å²) in [7, 11) is 0. The van der Waals surface area contributed by atoms with Crippen LogP contribution in [0.1, 0.15) is 4.88 Å². The number of hydrogen-bond donors (Lipinski definition) is 1. The fraction of sp³-hybridized carbons (Fsp3) is 0.111. The quantitative estimate of drug-likeness (QED) is 0.887. The molecule has 2 rings (SSSR count). The van der Waals surface area contributed by atoms with Crippen LogP contribution in [0.25, 0.3) is 11.1 Å². The van der Waals surface area contributed by atoms with Gasteiger partial charge in [-0.15, -0.1) is 22.7 Å². The Morgan fingerprint density at radius 3 is 2.46 bits per heavy atom. The van der Waals surface area contributed by atoms with Crippen LogP contribution in [0.15, 0.2) is 26.7 Å². The van der Waals surface area contributed by atoms with E-state index in [2.05, 4.69) is 38.8 Å². The monoisotopic (exact) mass is 273 g/mol. The summed E-state index contributed by atoms with van der Waals surface area (Å²) in [6.07, 6.45) is 0. The second kappa shape index (κ2) is 3.92. The average molecular weight is 274 g/mol. The molecule has 0 bridgehead atoms. The molecule has 0 saturated heterocycles. The molecule has 2 N–H and O–H groups in total. The first-order chi connectivity index (χ1) is 6.33. The molecule has 0 saturated carbocycles. The summed E-state index contributed by atoms with van der Waals surface area (Å²) < 4.78 is 1.18. The van der Waals surface area contributed by atoms with E-state index in [1.165, 1.54) is 19.8 Å².